The molecule has 0 aromatic heterocycles. The molecule has 2 aliphatic rings. The molecule has 4 unspecified atom stereocenters. The zero-order valence-electron chi connectivity index (χ0n) is 22.6. The van der Waals surface area contributed by atoms with Gasteiger partial charge >= 0.3 is 5.97 Å². The summed E-state index contributed by atoms with van der Waals surface area (Å²) in [6.07, 6.45) is 9.01. The third-order valence-electron chi connectivity index (χ3n) is 7.43. The fraction of sp³-hybridized carbons (Fsp3) is 0.469. The van der Waals surface area contributed by atoms with Gasteiger partial charge in [0.25, 0.3) is 0 Å². The van der Waals surface area contributed by atoms with Crippen molar-refractivity contribution < 1.29 is 28.8 Å². The average molecular weight is 519 g/mol. The molecule has 2 aromatic carbocycles. The number of ether oxygens (including phenoxy) is 4. The van der Waals surface area contributed by atoms with Gasteiger partial charge in [0, 0.05) is 36.0 Å². The highest BCUT2D eigenvalue weighted by Crippen LogP contribution is 2.52. The third-order valence-corrected chi connectivity index (χ3v) is 7.43. The summed E-state index contributed by atoms with van der Waals surface area (Å²) in [7, 11) is 3.18. The van der Waals surface area contributed by atoms with E-state index in [1.165, 1.54) is 5.56 Å². The topological polar surface area (TPSA) is 74.2 Å². The van der Waals surface area contributed by atoms with Gasteiger partial charge in [-0.05, 0) is 62.6 Å². The average Bonchev–Trinajstić information content (AvgIpc) is 3.51. The second kappa shape index (κ2) is 13.4. The molecule has 1 aliphatic carbocycles. The minimum absolute atomic E-state index is 0.162. The number of carbonyl (C=O) groups excluding carboxylic acids is 1. The van der Waals surface area contributed by atoms with Crippen molar-refractivity contribution in [1.82, 2.24) is 0 Å². The van der Waals surface area contributed by atoms with Crippen LogP contribution in [0.2, 0.25) is 0 Å². The first-order valence-corrected chi connectivity index (χ1v) is 13.4. The molecular weight excluding hydrogens is 480 g/mol. The molecule has 4 rings (SSSR count). The standard InChI is InChI=1S/C32H38O6/c1-4-5-6-11-25(33)17-14-22-16-19-28-31(22)27-12-7-9-23(32(27)38-28)10-8-13-30(34)37-21-24-15-18-26(35-2)20-29(24)36-3/h7,9,12,14-15,17-18,20,22,25,28,31,33H,6,8,10-11,13,16,19,21H2,1-3H3/b17-14+. The van der Waals surface area contributed by atoms with Gasteiger partial charge in [-0.25, -0.2) is 0 Å². The fourth-order valence-electron chi connectivity index (χ4n) is 5.47. The van der Waals surface area contributed by atoms with Gasteiger partial charge in [-0.2, -0.15) is 0 Å². The van der Waals surface area contributed by atoms with Gasteiger partial charge in [0.15, 0.2) is 0 Å². The number of hydrogen-bond acceptors (Lipinski definition) is 6. The Morgan fingerprint density at radius 3 is 2.84 bits per heavy atom. The number of hydrogen-bond donors (Lipinski definition) is 1. The number of rotatable bonds is 12. The second-order valence-electron chi connectivity index (χ2n) is 9.87. The lowest BCUT2D eigenvalue weighted by atomic mass is 9.87. The van der Waals surface area contributed by atoms with Gasteiger partial charge in [0.2, 0.25) is 0 Å². The summed E-state index contributed by atoms with van der Waals surface area (Å²) in [5.41, 5.74) is 3.19. The van der Waals surface area contributed by atoms with Crippen LogP contribution >= 0.6 is 0 Å². The number of aliphatic hydroxyl groups is 1. The number of para-hydroxylation sites is 1. The Bertz CT molecular complexity index is 1190. The number of methoxy groups -OCH3 is 2. The summed E-state index contributed by atoms with van der Waals surface area (Å²) >= 11 is 0. The van der Waals surface area contributed by atoms with E-state index in [4.69, 9.17) is 18.9 Å². The first kappa shape index (κ1) is 27.6. The number of carbonyl (C=O) groups is 1. The van der Waals surface area contributed by atoms with Gasteiger partial charge in [-0.1, -0.05) is 30.4 Å². The first-order valence-electron chi connectivity index (χ1n) is 13.4. The Morgan fingerprint density at radius 1 is 1.18 bits per heavy atom. The minimum atomic E-state index is -0.464. The van der Waals surface area contributed by atoms with Crippen molar-refractivity contribution in [2.24, 2.45) is 5.92 Å². The van der Waals surface area contributed by atoms with Crippen LogP contribution in [0.3, 0.4) is 0 Å². The first-order chi connectivity index (χ1) is 18.5. The van der Waals surface area contributed by atoms with Crippen LogP contribution in [0.15, 0.2) is 48.6 Å². The smallest absolute Gasteiger partial charge is 0.306 e. The van der Waals surface area contributed by atoms with Gasteiger partial charge in [-0.15, -0.1) is 11.8 Å². The van der Waals surface area contributed by atoms with E-state index in [2.05, 4.69) is 36.1 Å². The van der Waals surface area contributed by atoms with Crippen LogP contribution < -0.4 is 14.2 Å². The molecule has 0 radical (unpaired) electrons. The molecule has 1 fully saturated rings. The molecule has 6 heteroatoms. The van der Waals surface area contributed by atoms with Crippen molar-refractivity contribution in [1.29, 1.82) is 0 Å². The summed E-state index contributed by atoms with van der Waals surface area (Å²) in [5.74, 6) is 8.62. The number of fused-ring (bicyclic) bond motifs is 3. The van der Waals surface area contributed by atoms with Crippen LogP contribution in [0.25, 0.3) is 0 Å². The zero-order valence-corrected chi connectivity index (χ0v) is 22.6. The largest absolute Gasteiger partial charge is 0.497 e. The molecule has 2 aromatic rings. The summed E-state index contributed by atoms with van der Waals surface area (Å²) in [6.45, 7) is 1.98. The molecule has 1 N–H and O–H groups in total. The molecule has 4 atom stereocenters. The molecule has 1 aliphatic heterocycles. The van der Waals surface area contributed by atoms with Gasteiger partial charge < -0.3 is 24.1 Å². The van der Waals surface area contributed by atoms with Crippen LogP contribution in [-0.4, -0.2) is 37.5 Å². The van der Waals surface area contributed by atoms with Crippen LogP contribution in [0, 0.1) is 17.8 Å². The molecule has 1 saturated carbocycles. The van der Waals surface area contributed by atoms with Crippen molar-refractivity contribution in [3.63, 3.8) is 0 Å². The van der Waals surface area contributed by atoms with Crippen molar-refractivity contribution >= 4 is 5.97 Å². The number of allylic oxidation sites excluding steroid dienone is 1. The SMILES string of the molecule is CC#CCCC(O)/C=C/C1CCC2Oc3c(CCCC(=O)OCc4ccc(OC)cc4OC)cccc3C12. The Hall–Kier alpha value is -3.43. The number of esters is 1. The van der Waals surface area contributed by atoms with Crippen molar-refractivity contribution in [3.05, 3.63) is 65.2 Å². The minimum Gasteiger partial charge on any atom is -0.497 e. The summed E-state index contributed by atoms with van der Waals surface area (Å²) in [6, 6.07) is 11.8. The van der Waals surface area contributed by atoms with E-state index in [1.54, 1.807) is 20.3 Å². The van der Waals surface area contributed by atoms with Crippen molar-refractivity contribution in [2.75, 3.05) is 14.2 Å². The molecule has 6 nitrogen and oxygen atoms in total. The van der Waals surface area contributed by atoms with Crippen molar-refractivity contribution in [3.8, 4) is 29.1 Å². The van der Waals surface area contributed by atoms with E-state index in [1.807, 2.05) is 25.1 Å². The molecule has 1 heterocycles. The Balaban J connectivity index is 1.30. The van der Waals surface area contributed by atoms with Gasteiger partial charge in [0.1, 0.15) is 30.0 Å². The van der Waals surface area contributed by atoms with E-state index in [9.17, 15) is 9.90 Å². The highest BCUT2D eigenvalue weighted by molar-refractivity contribution is 5.69. The quantitative estimate of drug-likeness (QED) is 0.219. The Labute approximate surface area is 225 Å². The van der Waals surface area contributed by atoms with Crippen LogP contribution in [0.1, 0.15) is 68.1 Å². The van der Waals surface area contributed by atoms with Gasteiger partial charge in [0.05, 0.1) is 20.3 Å². The maximum Gasteiger partial charge on any atom is 0.306 e. The highest BCUT2D eigenvalue weighted by atomic mass is 16.5. The number of aryl methyl sites for hydroxylation is 1. The van der Waals surface area contributed by atoms with Crippen molar-refractivity contribution in [2.45, 2.75) is 76.6 Å². The van der Waals surface area contributed by atoms with E-state index in [0.29, 0.717) is 49.0 Å². The number of aliphatic hydroxyl groups excluding tert-OH is 1. The lowest BCUT2D eigenvalue weighted by molar-refractivity contribution is -0.145. The Kier molecular flexibility index (Phi) is 9.73. The van der Waals surface area contributed by atoms with E-state index in [-0.39, 0.29) is 18.7 Å². The lowest BCUT2D eigenvalue weighted by Gasteiger charge is -2.15. The molecule has 202 valence electrons. The van der Waals surface area contributed by atoms with Crippen LogP contribution in [0.5, 0.6) is 17.2 Å². The third kappa shape index (κ3) is 6.71. The van der Waals surface area contributed by atoms with E-state index in [0.717, 1.165) is 36.1 Å². The van der Waals surface area contributed by atoms with Crippen LogP contribution in [0.4, 0.5) is 0 Å². The predicted molar refractivity (Wildman–Crippen MR) is 146 cm³/mol. The second-order valence-corrected chi connectivity index (χ2v) is 9.87. The zero-order chi connectivity index (χ0) is 26.9. The van der Waals surface area contributed by atoms with Gasteiger partial charge in [-0.3, -0.25) is 4.79 Å². The molecule has 0 amide bonds. The van der Waals surface area contributed by atoms with E-state index < -0.39 is 6.10 Å². The Morgan fingerprint density at radius 2 is 2.05 bits per heavy atom. The highest BCUT2D eigenvalue weighted by Gasteiger charge is 2.44. The summed E-state index contributed by atoms with van der Waals surface area (Å²) < 4.78 is 22.5. The number of benzene rings is 2. The molecule has 0 saturated heterocycles. The fourth-order valence-corrected chi connectivity index (χ4v) is 5.47. The molecular formula is C32H38O6. The lowest BCUT2D eigenvalue weighted by Crippen LogP contribution is -2.15. The van der Waals surface area contributed by atoms with E-state index >= 15 is 0 Å². The normalized spacial score (nSPS) is 20.2. The van der Waals surface area contributed by atoms with Crippen LogP contribution in [-0.2, 0) is 22.6 Å². The maximum atomic E-state index is 12.4. The molecule has 0 spiro atoms. The predicted octanol–water partition coefficient (Wildman–Crippen LogP) is 5.75. The summed E-state index contributed by atoms with van der Waals surface area (Å²) in [5, 5.41) is 10.3. The monoisotopic (exact) mass is 518 g/mol. The maximum absolute atomic E-state index is 12.4. The molecule has 38 heavy (non-hydrogen) atoms. The molecule has 0 bridgehead atoms. The summed E-state index contributed by atoms with van der Waals surface area (Å²) in [4.78, 5) is 12.4.